The second-order valence-corrected chi connectivity index (χ2v) is 6.03. The second kappa shape index (κ2) is 8.06. The molecule has 4 nitrogen and oxygen atoms in total. The Kier molecular flexibility index (Phi) is 6.10. The zero-order valence-electron chi connectivity index (χ0n) is 14.4. The molecule has 128 valence electrons. The maximum absolute atomic E-state index is 12.5. The van der Waals surface area contributed by atoms with Crippen LogP contribution in [0, 0.1) is 13.8 Å². The number of hydrogen-bond acceptors (Lipinski definition) is 3. The number of aryl methyl sites for hydroxylation is 2. The Morgan fingerprint density at radius 1 is 1.17 bits per heavy atom. The van der Waals surface area contributed by atoms with Crippen LogP contribution in [0.5, 0.6) is 11.5 Å². The van der Waals surface area contributed by atoms with Crippen molar-refractivity contribution in [2.75, 3.05) is 12.4 Å². The van der Waals surface area contributed by atoms with Gasteiger partial charge in [-0.05, 0) is 55.7 Å². The summed E-state index contributed by atoms with van der Waals surface area (Å²) in [7, 11) is 1.55. The maximum atomic E-state index is 12.5. The number of amides is 1. The van der Waals surface area contributed by atoms with E-state index in [0.29, 0.717) is 22.9 Å². The highest BCUT2D eigenvalue weighted by molar-refractivity contribution is 6.32. The van der Waals surface area contributed by atoms with Crippen molar-refractivity contribution < 1.29 is 14.3 Å². The minimum atomic E-state index is -0.577. The third-order valence-corrected chi connectivity index (χ3v) is 3.99. The smallest absolute Gasteiger partial charge is 0.265 e. The molecule has 0 unspecified atom stereocenters. The maximum Gasteiger partial charge on any atom is 0.265 e. The number of benzene rings is 2. The molecule has 0 saturated heterocycles. The molecule has 0 aliphatic carbocycles. The van der Waals surface area contributed by atoms with Gasteiger partial charge in [-0.2, -0.15) is 0 Å². The van der Waals surface area contributed by atoms with Crippen LogP contribution in [0.2, 0.25) is 5.02 Å². The number of ether oxygens (including phenoxy) is 2. The Hall–Kier alpha value is -2.20. The van der Waals surface area contributed by atoms with Crippen LogP contribution in [-0.4, -0.2) is 19.1 Å². The van der Waals surface area contributed by atoms with Gasteiger partial charge < -0.3 is 14.8 Å². The van der Waals surface area contributed by atoms with E-state index in [1.54, 1.807) is 25.3 Å². The van der Waals surface area contributed by atoms with Gasteiger partial charge in [0.1, 0.15) is 11.5 Å². The summed E-state index contributed by atoms with van der Waals surface area (Å²) >= 11 is 6.09. The molecule has 0 bridgehead atoms. The quantitative estimate of drug-likeness (QED) is 0.819. The molecule has 2 aromatic rings. The number of hydrogen-bond donors (Lipinski definition) is 1. The Bertz CT molecular complexity index is 731. The van der Waals surface area contributed by atoms with Crippen molar-refractivity contribution in [1.82, 2.24) is 0 Å². The average Bonchev–Trinajstić information content (AvgIpc) is 2.55. The van der Waals surface area contributed by atoms with Gasteiger partial charge in [0.25, 0.3) is 5.91 Å². The zero-order valence-corrected chi connectivity index (χ0v) is 15.1. The fourth-order valence-corrected chi connectivity index (χ4v) is 2.53. The van der Waals surface area contributed by atoms with Crippen molar-refractivity contribution in [3.63, 3.8) is 0 Å². The predicted molar refractivity (Wildman–Crippen MR) is 97.3 cm³/mol. The number of carbonyl (C=O) groups is 1. The lowest BCUT2D eigenvalue weighted by atomic mass is 10.1. The van der Waals surface area contributed by atoms with E-state index in [1.165, 1.54) is 0 Å². The van der Waals surface area contributed by atoms with Gasteiger partial charge in [0, 0.05) is 5.69 Å². The Morgan fingerprint density at radius 2 is 1.92 bits per heavy atom. The van der Waals surface area contributed by atoms with Crippen molar-refractivity contribution >= 4 is 23.2 Å². The first-order chi connectivity index (χ1) is 11.4. The molecule has 0 heterocycles. The number of nitrogens with one attached hydrogen (secondary N) is 1. The van der Waals surface area contributed by atoms with Crippen LogP contribution in [0.4, 0.5) is 5.69 Å². The van der Waals surface area contributed by atoms with Crippen LogP contribution >= 0.6 is 11.6 Å². The molecule has 0 aliphatic rings. The van der Waals surface area contributed by atoms with Crippen LogP contribution in [-0.2, 0) is 4.79 Å². The van der Waals surface area contributed by atoms with Crippen LogP contribution in [0.15, 0.2) is 36.4 Å². The fraction of sp³-hybridized carbons (Fsp3) is 0.316. The van der Waals surface area contributed by atoms with E-state index in [2.05, 4.69) is 5.32 Å². The molecule has 1 atom stereocenters. The van der Waals surface area contributed by atoms with Crippen LogP contribution in [0.25, 0.3) is 0 Å². The predicted octanol–water partition coefficient (Wildman–Crippen LogP) is 4.76. The van der Waals surface area contributed by atoms with Gasteiger partial charge in [-0.3, -0.25) is 4.79 Å². The first-order valence-corrected chi connectivity index (χ1v) is 8.20. The first-order valence-electron chi connectivity index (χ1n) is 7.83. The van der Waals surface area contributed by atoms with Crippen molar-refractivity contribution in [2.24, 2.45) is 0 Å². The minimum absolute atomic E-state index is 0.209. The van der Waals surface area contributed by atoms with Crippen molar-refractivity contribution in [3.05, 3.63) is 52.5 Å². The number of rotatable bonds is 6. The van der Waals surface area contributed by atoms with Gasteiger partial charge >= 0.3 is 0 Å². The lowest BCUT2D eigenvalue weighted by Crippen LogP contribution is -2.32. The Labute approximate surface area is 147 Å². The van der Waals surface area contributed by atoms with E-state index in [4.69, 9.17) is 21.1 Å². The summed E-state index contributed by atoms with van der Waals surface area (Å²) in [5.74, 6) is 1.08. The van der Waals surface area contributed by atoms with Gasteiger partial charge in [0.15, 0.2) is 6.10 Å². The monoisotopic (exact) mass is 347 g/mol. The lowest BCUT2D eigenvalue weighted by Gasteiger charge is -2.19. The Morgan fingerprint density at radius 3 is 2.54 bits per heavy atom. The molecule has 0 spiro atoms. The van der Waals surface area contributed by atoms with Crippen LogP contribution in [0.1, 0.15) is 24.5 Å². The van der Waals surface area contributed by atoms with E-state index in [1.807, 2.05) is 39.0 Å². The van der Waals surface area contributed by atoms with Crippen molar-refractivity contribution in [2.45, 2.75) is 33.3 Å². The minimum Gasteiger partial charge on any atom is -0.495 e. The van der Waals surface area contributed by atoms with Crippen LogP contribution in [0.3, 0.4) is 0 Å². The lowest BCUT2D eigenvalue weighted by molar-refractivity contribution is -0.122. The third-order valence-electron chi connectivity index (χ3n) is 3.70. The van der Waals surface area contributed by atoms with E-state index in [-0.39, 0.29) is 5.91 Å². The van der Waals surface area contributed by atoms with E-state index in [9.17, 15) is 4.79 Å². The van der Waals surface area contributed by atoms with E-state index in [0.717, 1.165) is 16.9 Å². The summed E-state index contributed by atoms with van der Waals surface area (Å²) in [6, 6.07) is 11.1. The molecule has 0 fully saturated rings. The molecule has 2 rings (SSSR count). The van der Waals surface area contributed by atoms with E-state index >= 15 is 0 Å². The fourth-order valence-electron chi connectivity index (χ4n) is 2.28. The number of carbonyl (C=O) groups excluding carboxylic acids is 1. The molecule has 24 heavy (non-hydrogen) atoms. The molecule has 2 aromatic carbocycles. The molecular weight excluding hydrogens is 326 g/mol. The molecule has 0 aliphatic heterocycles. The summed E-state index contributed by atoms with van der Waals surface area (Å²) in [6.07, 6.45) is -0.0188. The topological polar surface area (TPSA) is 47.6 Å². The van der Waals surface area contributed by atoms with Gasteiger partial charge in [0.2, 0.25) is 0 Å². The van der Waals surface area contributed by atoms with Crippen molar-refractivity contribution in [1.29, 1.82) is 0 Å². The van der Waals surface area contributed by atoms with Crippen molar-refractivity contribution in [3.8, 4) is 11.5 Å². The molecular formula is C19H22ClNO3. The summed E-state index contributed by atoms with van der Waals surface area (Å²) in [5.41, 5.74) is 2.70. The normalized spacial score (nSPS) is 11.7. The Balaban J connectivity index is 2.11. The summed E-state index contributed by atoms with van der Waals surface area (Å²) < 4.78 is 11.0. The number of methoxy groups -OCH3 is 1. The highest BCUT2D eigenvalue weighted by Gasteiger charge is 2.20. The molecule has 5 heteroatoms. The van der Waals surface area contributed by atoms with E-state index < -0.39 is 6.10 Å². The first kappa shape index (κ1) is 18.1. The summed E-state index contributed by atoms with van der Waals surface area (Å²) in [5, 5.41) is 3.28. The number of anilines is 1. The van der Waals surface area contributed by atoms with Gasteiger partial charge in [-0.1, -0.05) is 30.7 Å². The van der Waals surface area contributed by atoms with Crippen LogP contribution < -0.4 is 14.8 Å². The highest BCUT2D eigenvalue weighted by Crippen LogP contribution is 2.27. The molecule has 0 radical (unpaired) electrons. The highest BCUT2D eigenvalue weighted by atomic mass is 35.5. The van der Waals surface area contributed by atoms with Gasteiger partial charge in [-0.25, -0.2) is 0 Å². The summed E-state index contributed by atoms with van der Waals surface area (Å²) in [6.45, 7) is 5.87. The van der Waals surface area contributed by atoms with Gasteiger partial charge in [0.05, 0.1) is 12.1 Å². The molecule has 0 aromatic heterocycles. The van der Waals surface area contributed by atoms with Gasteiger partial charge in [-0.15, -0.1) is 0 Å². The third kappa shape index (κ3) is 4.42. The second-order valence-electron chi connectivity index (χ2n) is 5.62. The summed E-state index contributed by atoms with van der Waals surface area (Å²) in [4.78, 5) is 12.5. The largest absolute Gasteiger partial charge is 0.495 e. The SMILES string of the molecule is CC[C@H](Oc1cc(C)ccc1C)C(=O)Nc1ccc(OC)c(Cl)c1. The molecule has 0 saturated carbocycles. The standard InChI is InChI=1S/C19H22ClNO3/c1-5-16(24-18-10-12(2)6-7-13(18)3)19(22)21-14-8-9-17(23-4)15(20)11-14/h6-11,16H,5H2,1-4H3,(H,21,22)/t16-/m0/s1. The molecule has 1 amide bonds. The zero-order chi connectivity index (χ0) is 17.7. The molecule has 1 N–H and O–H groups in total. The average molecular weight is 348 g/mol. The number of halogens is 1.